The van der Waals surface area contributed by atoms with Crippen LogP contribution in [0.15, 0.2) is 54.6 Å². The lowest BCUT2D eigenvalue weighted by Gasteiger charge is -2.21. The number of carbonyl (C=O) groups excluding carboxylic acids is 1. The first-order valence-electron chi connectivity index (χ1n) is 8.23. The zero-order valence-electron chi connectivity index (χ0n) is 13.8. The quantitative estimate of drug-likeness (QED) is 0.798. The van der Waals surface area contributed by atoms with Gasteiger partial charge in [0.25, 0.3) is 0 Å². The summed E-state index contributed by atoms with van der Waals surface area (Å²) in [7, 11) is 0. The molecule has 2 heterocycles. The van der Waals surface area contributed by atoms with Gasteiger partial charge in [-0.1, -0.05) is 36.4 Å². The number of tetrazole rings is 1. The predicted molar refractivity (Wildman–Crippen MR) is 93.6 cm³/mol. The van der Waals surface area contributed by atoms with Crippen molar-refractivity contribution in [3.8, 4) is 5.69 Å². The monoisotopic (exact) mass is 334 g/mol. The van der Waals surface area contributed by atoms with Gasteiger partial charge >= 0.3 is 6.03 Å². The molecule has 0 saturated heterocycles. The number of fused-ring (bicyclic) bond motifs is 1. The molecule has 126 valence electrons. The predicted octanol–water partition coefficient (Wildman–Crippen LogP) is 2.50. The smallest absolute Gasteiger partial charge is 0.322 e. The van der Waals surface area contributed by atoms with Gasteiger partial charge in [-0.3, -0.25) is 4.90 Å². The first kappa shape index (κ1) is 15.3. The van der Waals surface area contributed by atoms with E-state index in [0.29, 0.717) is 12.4 Å². The van der Waals surface area contributed by atoms with E-state index >= 15 is 0 Å². The third-order valence-corrected chi connectivity index (χ3v) is 4.35. The highest BCUT2D eigenvalue weighted by molar-refractivity contribution is 5.94. The van der Waals surface area contributed by atoms with Crippen molar-refractivity contribution in [1.82, 2.24) is 25.5 Å². The summed E-state index contributed by atoms with van der Waals surface area (Å²) in [6.45, 7) is 2.56. The molecule has 0 spiro atoms. The number of rotatable bonds is 3. The van der Waals surface area contributed by atoms with Crippen LogP contribution in [0, 0.1) is 0 Å². The maximum absolute atomic E-state index is 12.7. The molecule has 3 aromatic rings. The van der Waals surface area contributed by atoms with Crippen LogP contribution in [0.1, 0.15) is 24.4 Å². The summed E-state index contributed by atoms with van der Waals surface area (Å²) in [4.78, 5) is 14.5. The Morgan fingerprint density at radius 2 is 1.88 bits per heavy atom. The number of nitrogens with one attached hydrogen (secondary N) is 1. The molecular formula is C18H18N6O. The van der Waals surface area contributed by atoms with Crippen LogP contribution in [-0.2, 0) is 6.42 Å². The summed E-state index contributed by atoms with van der Waals surface area (Å²) in [5.41, 5.74) is 3.02. The molecule has 1 aliphatic heterocycles. The second-order valence-electron chi connectivity index (χ2n) is 5.99. The van der Waals surface area contributed by atoms with Crippen molar-refractivity contribution < 1.29 is 4.79 Å². The molecule has 7 nitrogen and oxygen atoms in total. The fraction of sp³-hybridized carbons (Fsp3) is 0.222. The van der Waals surface area contributed by atoms with Crippen molar-refractivity contribution in [2.24, 2.45) is 0 Å². The van der Waals surface area contributed by atoms with E-state index in [0.717, 1.165) is 17.8 Å². The molecule has 0 aliphatic carbocycles. The van der Waals surface area contributed by atoms with E-state index in [-0.39, 0.29) is 12.1 Å². The minimum absolute atomic E-state index is 0.139. The Labute approximate surface area is 145 Å². The molecule has 0 fully saturated rings. The first-order valence-corrected chi connectivity index (χ1v) is 8.23. The molecule has 2 amide bonds. The SMILES string of the molecule is CC(NC(=O)N1CCc2ccccc21)c1nnnn1-c1ccccc1. The van der Waals surface area contributed by atoms with Crippen LogP contribution in [-0.4, -0.2) is 32.8 Å². The van der Waals surface area contributed by atoms with E-state index in [1.807, 2.05) is 55.5 Å². The molecule has 4 rings (SSSR count). The number of nitrogens with zero attached hydrogens (tertiary/aromatic N) is 5. The molecule has 1 unspecified atom stereocenters. The van der Waals surface area contributed by atoms with Crippen LogP contribution in [0.2, 0.25) is 0 Å². The van der Waals surface area contributed by atoms with Crippen molar-refractivity contribution in [1.29, 1.82) is 0 Å². The number of urea groups is 1. The fourth-order valence-electron chi connectivity index (χ4n) is 3.09. The van der Waals surface area contributed by atoms with Gasteiger partial charge in [0.05, 0.1) is 11.7 Å². The Morgan fingerprint density at radius 1 is 1.12 bits per heavy atom. The normalized spacial score (nSPS) is 14.2. The van der Waals surface area contributed by atoms with Crippen LogP contribution in [0.4, 0.5) is 10.5 Å². The topological polar surface area (TPSA) is 75.9 Å². The summed E-state index contributed by atoms with van der Waals surface area (Å²) < 4.78 is 1.64. The highest BCUT2D eigenvalue weighted by Gasteiger charge is 2.26. The van der Waals surface area contributed by atoms with Crippen molar-refractivity contribution >= 4 is 11.7 Å². The largest absolute Gasteiger partial charge is 0.328 e. The minimum atomic E-state index is -0.324. The number of amides is 2. The maximum atomic E-state index is 12.7. The molecule has 2 aromatic carbocycles. The molecule has 1 aromatic heterocycles. The van der Waals surface area contributed by atoms with Gasteiger partial charge in [0.1, 0.15) is 0 Å². The summed E-state index contributed by atoms with van der Waals surface area (Å²) in [6.07, 6.45) is 0.875. The molecule has 0 saturated carbocycles. The van der Waals surface area contributed by atoms with Crippen LogP contribution in [0.5, 0.6) is 0 Å². The first-order chi connectivity index (χ1) is 12.2. The molecule has 1 aliphatic rings. The third-order valence-electron chi connectivity index (χ3n) is 4.35. The van der Waals surface area contributed by atoms with Crippen molar-refractivity contribution in [3.63, 3.8) is 0 Å². The summed E-state index contributed by atoms with van der Waals surface area (Å²) in [5.74, 6) is 0.590. The molecule has 7 heteroatoms. The van der Waals surface area contributed by atoms with Gasteiger partial charge in [-0.2, -0.15) is 4.68 Å². The lowest BCUT2D eigenvalue weighted by molar-refractivity contribution is 0.243. The Balaban J connectivity index is 1.53. The van der Waals surface area contributed by atoms with Gasteiger partial charge in [0, 0.05) is 12.2 Å². The Morgan fingerprint density at radius 3 is 2.72 bits per heavy atom. The Bertz CT molecular complexity index is 891. The second-order valence-corrected chi connectivity index (χ2v) is 5.99. The maximum Gasteiger partial charge on any atom is 0.322 e. The van der Waals surface area contributed by atoms with Crippen molar-refractivity contribution in [3.05, 3.63) is 66.0 Å². The van der Waals surface area contributed by atoms with Gasteiger partial charge in [0.2, 0.25) is 0 Å². The van der Waals surface area contributed by atoms with Gasteiger partial charge in [-0.25, -0.2) is 4.79 Å². The zero-order valence-corrected chi connectivity index (χ0v) is 13.8. The van der Waals surface area contributed by atoms with E-state index in [4.69, 9.17) is 0 Å². The van der Waals surface area contributed by atoms with Crippen LogP contribution >= 0.6 is 0 Å². The molecule has 1 N–H and O–H groups in total. The number of benzene rings is 2. The van der Waals surface area contributed by atoms with E-state index in [1.165, 1.54) is 5.56 Å². The minimum Gasteiger partial charge on any atom is -0.328 e. The van der Waals surface area contributed by atoms with Crippen LogP contribution in [0.3, 0.4) is 0 Å². The lowest BCUT2D eigenvalue weighted by Crippen LogP contribution is -2.40. The summed E-state index contributed by atoms with van der Waals surface area (Å²) >= 11 is 0. The van der Waals surface area contributed by atoms with E-state index in [9.17, 15) is 4.79 Å². The third kappa shape index (κ3) is 2.84. The fourth-order valence-corrected chi connectivity index (χ4v) is 3.09. The molecule has 25 heavy (non-hydrogen) atoms. The lowest BCUT2D eigenvalue weighted by atomic mass is 10.2. The van der Waals surface area contributed by atoms with E-state index in [1.54, 1.807) is 9.58 Å². The Hall–Kier alpha value is -3.22. The number of aromatic nitrogens is 4. The van der Waals surface area contributed by atoms with E-state index < -0.39 is 0 Å². The van der Waals surface area contributed by atoms with Gasteiger partial charge in [0.15, 0.2) is 5.82 Å². The molecular weight excluding hydrogens is 316 g/mol. The van der Waals surface area contributed by atoms with Crippen LogP contribution in [0.25, 0.3) is 5.69 Å². The number of hydrogen-bond acceptors (Lipinski definition) is 4. The average Bonchev–Trinajstić information content (AvgIpc) is 3.29. The Kier molecular flexibility index (Phi) is 3.89. The summed E-state index contributed by atoms with van der Waals surface area (Å²) in [6, 6.07) is 17.1. The van der Waals surface area contributed by atoms with E-state index in [2.05, 4.69) is 26.9 Å². The number of para-hydroxylation sites is 2. The zero-order chi connectivity index (χ0) is 17.2. The molecule has 0 bridgehead atoms. The van der Waals surface area contributed by atoms with Gasteiger partial charge in [-0.05, 0) is 47.5 Å². The van der Waals surface area contributed by atoms with Crippen molar-refractivity contribution in [2.45, 2.75) is 19.4 Å². The van der Waals surface area contributed by atoms with Crippen molar-refractivity contribution in [2.75, 3.05) is 11.4 Å². The average molecular weight is 334 g/mol. The standard InChI is InChI=1S/C18H18N6O/c1-13(17-20-21-22-24(17)15-8-3-2-4-9-15)19-18(25)23-12-11-14-7-5-6-10-16(14)23/h2-10,13H,11-12H2,1H3,(H,19,25). The van der Waals surface area contributed by atoms with Gasteiger partial charge in [-0.15, -0.1) is 5.10 Å². The van der Waals surface area contributed by atoms with Crippen LogP contribution < -0.4 is 10.2 Å². The molecule has 1 atom stereocenters. The summed E-state index contributed by atoms with van der Waals surface area (Å²) in [5, 5.41) is 14.9. The number of anilines is 1. The number of hydrogen-bond donors (Lipinski definition) is 1. The highest BCUT2D eigenvalue weighted by Crippen LogP contribution is 2.27. The van der Waals surface area contributed by atoms with Gasteiger partial charge < -0.3 is 5.32 Å². The molecule has 0 radical (unpaired) electrons. The highest BCUT2D eigenvalue weighted by atomic mass is 16.2. The second kappa shape index (κ2) is 6.35. The number of carbonyl (C=O) groups is 1.